The smallest absolute Gasteiger partial charge is 0.336 e. The number of carbonyl (C=O) groups excluding carboxylic acids is 1. The largest absolute Gasteiger partial charge is 0.479 e. The van der Waals surface area contributed by atoms with Gasteiger partial charge in [-0.2, -0.15) is 0 Å². The lowest BCUT2D eigenvalue weighted by molar-refractivity contribution is -0.148. The maximum Gasteiger partial charge on any atom is 0.336 e. The van der Waals surface area contributed by atoms with Gasteiger partial charge in [-0.15, -0.1) is 0 Å². The summed E-state index contributed by atoms with van der Waals surface area (Å²) < 4.78 is 0. The first kappa shape index (κ1) is 12.6. The van der Waals surface area contributed by atoms with Gasteiger partial charge >= 0.3 is 5.97 Å². The number of aliphatic hydroxyl groups is 1. The number of carboxylic acids is 1. The summed E-state index contributed by atoms with van der Waals surface area (Å²) in [5.74, 6) is -1.98. The summed E-state index contributed by atoms with van der Waals surface area (Å²) in [4.78, 5) is 21.4. The number of aliphatic carboxylic acids is 1. The number of carboxylic acid groups (broad SMARTS) is 1. The number of hydrogen-bond acceptors (Lipinski definition) is 4. The van der Waals surface area contributed by atoms with Crippen LogP contribution in [0.1, 0.15) is 13.8 Å². The summed E-state index contributed by atoms with van der Waals surface area (Å²) in [6.07, 6.45) is -1.56. The number of nitrogens with one attached hydrogen (secondary N) is 1. The number of carbonyl (C=O) groups is 2. The fourth-order valence-electron chi connectivity index (χ4n) is 0.629. The molecule has 0 aromatic carbocycles. The molecular weight excluding hydrogens is 188 g/mol. The third-order valence-electron chi connectivity index (χ3n) is 1.68. The topological polar surface area (TPSA) is 113 Å². The van der Waals surface area contributed by atoms with Crippen LogP contribution in [0.5, 0.6) is 0 Å². The molecule has 2 atom stereocenters. The van der Waals surface area contributed by atoms with Gasteiger partial charge in [-0.3, -0.25) is 4.79 Å². The summed E-state index contributed by atoms with van der Waals surface area (Å²) in [5.41, 5.74) is 5.62. The molecule has 0 heterocycles. The predicted octanol–water partition coefficient (Wildman–Crippen LogP) is -1.20. The van der Waals surface area contributed by atoms with Crippen molar-refractivity contribution in [1.82, 2.24) is 5.32 Å². The van der Waals surface area contributed by atoms with Gasteiger partial charge in [0.15, 0.2) is 6.10 Å². The van der Waals surface area contributed by atoms with Crippen molar-refractivity contribution in [2.24, 2.45) is 5.73 Å². The number of aliphatic hydroxyl groups excluding tert-OH is 1. The van der Waals surface area contributed by atoms with E-state index < -0.39 is 24.1 Å². The Morgan fingerprint density at radius 3 is 2.36 bits per heavy atom. The maximum absolute atomic E-state index is 11.1. The lowest BCUT2D eigenvalue weighted by Gasteiger charge is -2.16. The molecule has 5 N–H and O–H groups in total. The van der Waals surface area contributed by atoms with Gasteiger partial charge in [-0.05, 0) is 13.8 Å². The standard InChI is InChI=1S/C8H14N2O4/c1-3-4(2)7(12)10-6(9)5(11)8(13)14/h3,5-6,11H,9H2,1-2H3,(H,10,12)(H,13,14)/b4-3+/t5-,6?/m1/s1. The van der Waals surface area contributed by atoms with Crippen LogP contribution in [0.25, 0.3) is 0 Å². The average molecular weight is 202 g/mol. The van der Waals surface area contributed by atoms with Crippen molar-refractivity contribution >= 4 is 11.9 Å². The van der Waals surface area contributed by atoms with E-state index in [-0.39, 0.29) is 0 Å². The molecule has 1 amide bonds. The van der Waals surface area contributed by atoms with E-state index in [1.807, 2.05) is 0 Å². The van der Waals surface area contributed by atoms with E-state index in [0.29, 0.717) is 5.57 Å². The normalized spacial score (nSPS) is 15.9. The van der Waals surface area contributed by atoms with Crippen LogP contribution in [0.2, 0.25) is 0 Å². The Morgan fingerprint density at radius 1 is 1.50 bits per heavy atom. The molecule has 0 spiro atoms. The molecule has 0 aromatic rings. The van der Waals surface area contributed by atoms with Gasteiger partial charge in [0, 0.05) is 5.57 Å². The number of allylic oxidation sites excluding steroid dienone is 1. The quantitative estimate of drug-likeness (QED) is 0.338. The van der Waals surface area contributed by atoms with E-state index in [0.717, 1.165) is 0 Å². The second-order valence-corrected chi connectivity index (χ2v) is 2.75. The van der Waals surface area contributed by atoms with Crippen molar-refractivity contribution in [2.75, 3.05) is 0 Å². The molecule has 0 saturated heterocycles. The monoisotopic (exact) mass is 202 g/mol. The number of hydrogen-bond donors (Lipinski definition) is 4. The molecule has 14 heavy (non-hydrogen) atoms. The zero-order chi connectivity index (χ0) is 11.3. The van der Waals surface area contributed by atoms with Gasteiger partial charge in [0.1, 0.15) is 6.17 Å². The second kappa shape index (κ2) is 5.36. The van der Waals surface area contributed by atoms with Crippen LogP contribution in [-0.2, 0) is 9.59 Å². The Kier molecular flexibility index (Phi) is 4.82. The molecule has 0 aliphatic heterocycles. The van der Waals surface area contributed by atoms with E-state index >= 15 is 0 Å². The van der Waals surface area contributed by atoms with Gasteiger partial charge in [-0.1, -0.05) is 6.08 Å². The minimum Gasteiger partial charge on any atom is -0.479 e. The molecule has 0 bridgehead atoms. The van der Waals surface area contributed by atoms with Gasteiger partial charge in [0.25, 0.3) is 0 Å². The van der Waals surface area contributed by atoms with Gasteiger partial charge in [0.2, 0.25) is 5.91 Å². The van der Waals surface area contributed by atoms with Crippen molar-refractivity contribution < 1.29 is 19.8 Å². The Hall–Kier alpha value is -1.40. The lowest BCUT2D eigenvalue weighted by Crippen LogP contribution is -2.52. The molecule has 0 aliphatic carbocycles. The third-order valence-corrected chi connectivity index (χ3v) is 1.68. The van der Waals surface area contributed by atoms with Crippen LogP contribution in [0.15, 0.2) is 11.6 Å². The minimum absolute atomic E-state index is 0.401. The SMILES string of the molecule is C/C=C(\C)C(=O)NC(N)[C@@H](O)C(=O)O. The van der Waals surface area contributed by atoms with Crippen molar-refractivity contribution in [1.29, 1.82) is 0 Å². The number of amides is 1. The van der Waals surface area contributed by atoms with Crippen molar-refractivity contribution in [3.8, 4) is 0 Å². The Labute approximate surface area is 81.4 Å². The molecule has 6 nitrogen and oxygen atoms in total. The highest BCUT2D eigenvalue weighted by atomic mass is 16.4. The minimum atomic E-state index is -1.80. The lowest BCUT2D eigenvalue weighted by atomic mass is 10.2. The van der Waals surface area contributed by atoms with Gasteiger partial charge in [-0.25, -0.2) is 4.79 Å². The van der Waals surface area contributed by atoms with E-state index in [1.54, 1.807) is 19.9 Å². The van der Waals surface area contributed by atoms with E-state index in [9.17, 15) is 9.59 Å². The summed E-state index contributed by atoms with van der Waals surface area (Å²) in [6, 6.07) is 0. The highest BCUT2D eigenvalue weighted by molar-refractivity contribution is 5.93. The molecule has 0 fully saturated rings. The molecule has 0 aliphatic rings. The zero-order valence-corrected chi connectivity index (χ0v) is 8.02. The molecule has 80 valence electrons. The third kappa shape index (κ3) is 3.55. The molecule has 0 radical (unpaired) electrons. The van der Waals surface area contributed by atoms with Crippen LogP contribution in [0.4, 0.5) is 0 Å². The second-order valence-electron chi connectivity index (χ2n) is 2.75. The van der Waals surface area contributed by atoms with E-state index in [4.69, 9.17) is 15.9 Å². The molecule has 0 rings (SSSR count). The maximum atomic E-state index is 11.1. The van der Waals surface area contributed by atoms with Crippen molar-refractivity contribution in [2.45, 2.75) is 26.1 Å². The molecule has 6 heteroatoms. The fourth-order valence-corrected chi connectivity index (χ4v) is 0.629. The zero-order valence-electron chi connectivity index (χ0n) is 8.02. The summed E-state index contributed by atoms with van der Waals surface area (Å²) in [5, 5.41) is 19.5. The molecule has 0 aromatic heterocycles. The average Bonchev–Trinajstić information content (AvgIpc) is 2.14. The first-order chi connectivity index (χ1) is 6.40. The predicted molar refractivity (Wildman–Crippen MR) is 49.2 cm³/mol. The first-order valence-corrected chi connectivity index (χ1v) is 4.00. The van der Waals surface area contributed by atoms with Gasteiger partial charge < -0.3 is 21.3 Å². The summed E-state index contributed by atoms with van der Waals surface area (Å²) >= 11 is 0. The molecular formula is C8H14N2O4. The molecule has 0 saturated carbocycles. The van der Waals surface area contributed by atoms with E-state index in [2.05, 4.69) is 5.32 Å². The Morgan fingerprint density at radius 2 is 2.00 bits per heavy atom. The van der Waals surface area contributed by atoms with Crippen LogP contribution >= 0.6 is 0 Å². The van der Waals surface area contributed by atoms with Crippen molar-refractivity contribution in [3.05, 3.63) is 11.6 Å². The van der Waals surface area contributed by atoms with Gasteiger partial charge in [0.05, 0.1) is 0 Å². The van der Waals surface area contributed by atoms with Crippen LogP contribution in [-0.4, -0.2) is 34.4 Å². The fraction of sp³-hybridized carbons (Fsp3) is 0.500. The first-order valence-electron chi connectivity index (χ1n) is 4.00. The summed E-state index contributed by atoms with van der Waals surface area (Å²) in [6.45, 7) is 3.21. The van der Waals surface area contributed by atoms with Crippen LogP contribution in [0, 0.1) is 0 Å². The number of rotatable bonds is 4. The Bertz CT molecular complexity index is 262. The molecule has 1 unspecified atom stereocenters. The van der Waals surface area contributed by atoms with Crippen LogP contribution < -0.4 is 11.1 Å². The summed E-state index contributed by atoms with van der Waals surface area (Å²) in [7, 11) is 0. The highest BCUT2D eigenvalue weighted by Gasteiger charge is 2.23. The number of nitrogens with two attached hydrogens (primary N) is 1. The van der Waals surface area contributed by atoms with Crippen LogP contribution in [0.3, 0.4) is 0 Å². The Balaban J connectivity index is 4.26. The van der Waals surface area contributed by atoms with Crippen molar-refractivity contribution in [3.63, 3.8) is 0 Å². The highest BCUT2D eigenvalue weighted by Crippen LogP contribution is 1.94. The van der Waals surface area contributed by atoms with E-state index in [1.165, 1.54) is 0 Å².